The molecule has 13 heavy (non-hydrogen) atoms. The summed E-state index contributed by atoms with van der Waals surface area (Å²) < 4.78 is 0. The molecule has 0 amide bonds. The normalized spacial score (nSPS) is 13.1. The molecule has 1 nitrogen and oxygen atoms in total. The third-order valence-electron chi connectivity index (χ3n) is 2.29. The van der Waals surface area contributed by atoms with Gasteiger partial charge >= 0.3 is 0 Å². The van der Waals surface area contributed by atoms with Crippen molar-refractivity contribution in [3.63, 3.8) is 0 Å². The van der Waals surface area contributed by atoms with E-state index < -0.39 is 0 Å². The molecule has 0 aromatic heterocycles. The van der Waals surface area contributed by atoms with Crippen molar-refractivity contribution >= 4 is 10.8 Å². The Bertz CT molecular complexity index is 413. The first-order chi connectivity index (χ1) is 6.29. The van der Waals surface area contributed by atoms with E-state index in [0.29, 0.717) is 0 Å². The van der Waals surface area contributed by atoms with Gasteiger partial charge in [-0.15, -0.1) is 0 Å². The SMILES string of the molecule is C[C@@H]([NH])c1cccc2ccccc12. The molecule has 0 aliphatic heterocycles. The number of hydrogen-bond acceptors (Lipinski definition) is 0. The second kappa shape index (κ2) is 3.19. The summed E-state index contributed by atoms with van der Waals surface area (Å²) in [5.74, 6) is 0. The molecule has 1 atom stereocenters. The zero-order valence-corrected chi connectivity index (χ0v) is 7.62. The summed E-state index contributed by atoms with van der Waals surface area (Å²) in [5.41, 5.74) is 8.81. The minimum atomic E-state index is -0.147. The van der Waals surface area contributed by atoms with Gasteiger partial charge in [0.2, 0.25) is 0 Å². The summed E-state index contributed by atoms with van der Waals surface area (Å²) in [7, 11) is 0. The predicted octanol–water partition coefficient (Wildman–Crippen LogP) is 3.18. The Kier molecular flexibility index (Phi) is 2.03. The number of fused-ring (bicyclic) bond motifs is 1. The smallest absolute Gasteiger partial charge is 0.0440 e. The predicted molar refractivity (Wildman–Crippen MR) is 55.5 cm³/mol. The van der Waals surface area contributed by atoms with Crippen LogP contribution in [0.2, 0.25) is 0 Å². The van der Waals surface area contributed by atoms with Gasteiger partial charge in [-0.1, -0.05) is 42.5 Å². The highest BCUT2D eigenvalue weighted by Gasteiger charge is 2.03. The monoisotopic (exact) mass is 170 g/mol. The number of hydrogen-bond donors (Lipinski definition) is 0. The maximum absolute atomic E-state index is 7.70. The van der Waals surface area contributed by atoms with E-state index in [2.05, 4.69) is 18.2 Å². The Morgan fingerprint density at radius 2 is 1.69 bits per heavy atom. The van der Waals surface area contributed by atoms with Gasteiger partial charge in [0.05, 0.1) is 0 Å². The van der Waals surface area contributed by atoms with Gasteiger partial charge in [0.15, 0.2) is 0 Å². The largest absolute Gasteiger partial charge is 0.250 e. The van der Waals surface area contributed by atoms with Crippen molar-refractivity contribution in [3.8, 4) is 0 Å². The third kappa shape index (κ3) is 1.43. The maximum Gasteiger partial charge on any atom is 0.0440 e. The first-order valence-corrected chi connectivity index (χ1v) is 4.48. The van der Waals surface area contributed by atoms with E-state index in [4.69, 9.17) is 5.73 Å². The van der Waals surface area contributed by atoms with E-state index in [1.807, 2.05) is 31.2 Å². The summed E-state index contributed by atoms with van der Waals surface area (Å²) >= 11 is 0. The van der Waals surface area contributed by atoms with Crippen molar-refractivity contribution in [2.75, 3.05) is 0 Å². The quantitative estimate of drug-likeness (QED) is 0.627. The highest BCUT2D eigenvalue weighted by molar-refractivity contribution is 5.85. The van der Waals surface area contributed by atoms with Gasteiger partial charge in [0.25, 0.3) is 0 Å². The molecular formula is C12H12N. The number of rotatable bonds is 1. The maximum atomic E-state index is 7.70. The van der Waals surface area contributed by atoms with Crippen LogP contribution in [0.4, 0.5) is 0 Å². The van der Waals surface area contributed by atoms with Crippen molar-refractivity contribution in [3.05, 3.63) is 48.0 Å². The third-order valence-corrected chi connectivity index (χ3v) is 2.29. The Hall–Kier alpha value is -1.34. The summed E-state index contributed by atoms with van der Waals surface area (Å²) in [5, 5.41) is 2.42. The van der Waals surface area contributed by atoms with Gasteiger partial charge in [-0.2, -0.15) is 0 Å². The van der Waals surface area contributed by atoms with Crippen molar-refractivity contribution in [2.45, 2.75) is 13.0 Å². The minimum Gasteiger partial charge on any atom is -0.250 e. The van der Waals surface area contributed by atoms with Crippen molar-refractivity contribution in [2.24, 2.45) is 0 Å². The zero-order valence-electron chi connectivity index (χ0n) is 7.62. The van der Waals surface area contributed by atoms with Gasteiger partial charge < -0.3 is 0 Å². The fourth-order valence-electron chi connectivity index (χ4n) is 1.63. The van der Waals surface area contributed by atoms with E-state index >= 15 is 0 Å². The van der Waals surface area contributed by atoms with Crippen molar-refractivity contribution < 1.29 is 0 Å². The van der Waals surface area contributed by atoms with E-state index in [0.717, 1.165) is 5.56 Å². The van der Waals surface area contributed by atoms with Crippen molar-refractivity contribution in [1.82, 2.24) is 5.73 Å². The average molecular weight is 170 g/mol. The van der Waals surface area contributed by atoms with Crippen LogP contribution < -0.4 is 5.73 Å². The molecule has 0 unspecified atom stereocenters. The lowest BCUT2D eigenvalue weighted by molar-refractivity contribution is 0.795. The van der Waals surface area contributed by atoms with Gasteiger partial charge in [-0.05, 0) is 23.3 Å². The summed E-state index contributed by atoms with van der Waals surface area (Å²) in [6.45, 7) is 1.90. The molecule has 1 N–H and O–H groups in total. The highest BCUT2D eigenvalue weighted by atomic mass is 14.6. The molecule has 2 aromatic rings. The van der Waals surface area contributed by atoms with Crippen LogP contribution >= 0.6 is 0 Å². The lowest BCUT2D eigenvalue weighted by atomic mass is 10.0. The van der Waals surface area contributed by atoms with Crippen LogP contribution in [0.1, 0.15) is 18.5 Å². The van der Waals surface area contributed by atoms with Gasteiger partial charge in [-0.3, -0.25) is 5.73 Å². The molecule has 0 heterocycles. The molecule has 65 valence electrons. The van der Waals surface area contributed by atoms with Gasteiger partial charge in [0.1, 0.15) is 0 Å². The fourth-order valence-corrected chi connectivity index (χ4v) is 1.63. The minimum absolute atomic E-state index is 0.147. The van der Waals surface area contributed by atoms with Crippen LogP contribution in [0.15, 0.2) is 42.5 Å². The van der Waals surface area contributed by atoms with E-state index in [9.17, 15) is 0 Å². The Morgan fingerprint density at radius 1 is 1.00 bits per heavy atom. The van der Waals surface area contributed by atoms with E-state index in [1.54, 1.807) is 0 Å². The van der Waals surface area contributed by atoms with Crippen LogP contribution in [-0.2, 0) is 0 Å². The first-order valence-electron chi connectivity index (χ1n) is 4.48. The van der Waals surface area contributed by atoms with Crippen LogP contribution in [0.25, 0.3) is 10.8 Å². The molecule has 0 aliphatic carbocycles. The van der Waals surface area contributed by atoms with Gasteiger partial charge in [-0.25, -0.2) is 0 Å². The van der Waals surface area contributed by atoms with Crippen LogP contribution in [-0.4, -0.2) is 0 Å². The average Bonchev–Trinajstić information content (AvgIpc) is 2.17. The zero-order chi connectivity index (χ0) is 9.26. The number of nitrogens with one attached hydrogen (secondary N) is 1. The Labute approximate surface area is 78.2 Å². The molecule has 0 aliphatic rings. The lowest BCUT2D eigenvalue weighted by Crippen LogP contribution is -1.93. The van der Waals surface area contributed by atoms with Crippen molar-refractivity contribution in [1.29, 1.82) is 0 Å². The molecular weight excluding hydrogens is 158 g/mol. The summed E-state index contributed by atoms with van der Waals surface area (Å²) in [6.07, 6.45) is 0. The molecule has 1 heteroatoms. The van der Waals surface area contributed by atoms with Gasteiger partial charge in [0, 0.05) is 6.04 Å². The molecule has 2 rings (SSSR count). The molecule has 0 saturated carbocycles. The molecule has 2 aromatic carbocycles. The standard InChI is InChI=1S/C12H12N/c1-9(13)11-8-4-6-10-5-2-3-7-12(10)11/h2-9,13H,1H3/t9-/m1/s1. The lowest BCUT2D eigenvalue weighted by Gasteiger charge is -2.08. The van der Waals surface area contributed by atoms with Crippen LogP contribution in [0, 0.1) is 0 Å². The van der Waals surface area contributed by atoms with E-state index in [-0.39, 0.29) is 6.04 Å². The van der Waals surface area contributed by atoms with Crippen LogP contribution in [0.3, 0.4) is 0 Å². The molecule has 0 saturated heterocycles. The summed E-state index contributed by atoms with van der Waals surface area (Å²) in [6, 6.07) is 14.2. The Morgan fingerprint density at radius 3 is 2.46 bits per heavy atom. The molecule has 0 bridgehead atoms. The second-order valence-corrected chi connectivity index (χ2v) is 3.29. The van der Waals surface area contributed by atoms with E-state index in [1.165, 1.54) is 10.8 Å². The molecule has 0 fully saturated rings. The topological polar surface area (TPSA) is 23.8 Å². The highest BCUT2D eigenvalue weighted by Crippen LogP contribution is 2.22. The first kappa shape index (κ1) is 8.27. The molecule has 1 radical (unpaired) electrons. The number of benzene rings is 2. The second-order valence-electron chi connectivity index (χ2n) is 3.29. The fraction of sp³-hybridized carbons (Fsp3) is 0.167. The Balaban J connectivity index is 2.76. The van der Waals surface area contributed by atoms with Crippen LogP contribution in [0.5, 0.6) is 0 Å². The molecule has 0 spiro atoms. The summed E-state index contributed by atoms with van der Waals surface area (Å²) in [4.78, 5) is 0.